The van der Waals surface area contributed by atoms with Crippen molar-refractivity contribution >= 4 is 33.3 Å². The van der Waals surface area contributed by atoms with Gasteiger partial charge in [-0.2, -0.15) is 4.31 Å². The lowest BCUT2D eigenvalue weighted by Crippen LogP contribution is -2.50. The molecule has 5 nitrogen and oxygen atoms in total. The van der Waals surface area contributed by atoms with E-state index in [2.05, 4.69) is 0 Å². The molecule has 1 aliphatic rings. The van der Waals surface area contributed by atoms with Crippen LogP contribution in [0.25, 0.3) is 6.08 Å². The SMILES string of the molecule is Cc1cc(S(=O)(=O)N2CCN(C(=O)C=Cc3cccc(F)c3)CC2)c(C)s1. The van der Waals surface area contributed by atoms with Crippen LogP contribution in [0.1, 0.15) is 15.3 Å². The standard InChI is InChI=1S/C19H21FN2O3S2/c1-14-12-18(15(2)26-14)27(24,25)22-10-8-21(9-11-22)19(23)7-6-16-4-3-5-17(20)13-16/h3-7,12-13H,8-11H2,1-2H3. The second kappa shape index (κ2) is 7.92. The van der Waals surface area contributed by atoms with Crippen LogP contribution in [0.2, 0.25) is 0 Å². The van der Waals surface area contributed by atoms with E-state index in [4.69, 9.17) is 0 Å². The first kappa shape index (κ1) is 19.7. The van der Waals surface area contributed by atoms with E-state index in [1.54, 1.807) is 29.2 Å². The van der Waals surface area contributed by atoms with Gasteiger partial charge in [0.15, 0.2) is 0 Å². The summed E-state index contributed by atoms with van der Waals surface area (Å²) >= 11 is 1.46. The van der Waals surface area contributed by atoms with Crippen LogP contribution in [0.4, 0.5) is 4.39 Å². The van der Waals surface area contributed by atoms with Gasteiger partial charge < -0.3 is 4.90 Å². The lowest BCUT2D eigenvalue weighted by molar-refractivity contribution is -0.127. The fourth-order valence-corrected chi connectivity index (χ4v) is 5.98. The highest BCUT2D eigenvalue weighted by Gasteiger charge is 2.31. The van der Waals surface area contributed by atoms with E-state index < -0.39 is 10.0 Å². The molecule has 0 aliphatic carbocycles. The zero-order valence-electron chi connectivity index (χ0n) is 15.2. The second-order valence-corrected chi connectivity index (χ2v) is 9.76. The molecular formula is C19H21FN2O3S2. The van der Waals surface area contributed by atoms with E-state index in [1.807, 2.05) is 13.8 Å². The monoisotopic (exact) mass is 408 g/mol. The summed E-state index contributed by atoms with van der Waals surface area (Å²) in [5, 5.41) is 0. The van der Waals surface area contributed by atoms with E-state index in [0.29, 0.717) is 23.5 Å². The summed E-state index contributed by atoms with van der Waals surface area (Å²) in [6.07, 6.45) is 2.96. The number of thiophene rings is 1. The molecular weight excluding hydrogens is 387 g/mol. The fraction of sp³-hybridized carbons (Fsp3) is 0.316. The lowest BCUT2D eigenvalue weighted by Gasteiger charge is -2.33. The number of sulfonamides is 1. The Balaban J connectivity index is 1.63. The van der Waals surface area contributed by atoms with Gasteiger partial charge in [0, 0.05) is 42.0 Å². The maximum Gasteiger partial charge on any atom is 0.246 e. The Labute approximate surface area is 162 Å². The van der Waals surface area contributed by atoms with E-state index in [0.717, 1.165) is 9.75 Å². The Morgan fingerprint density at radius 1 is 1.15 bits per heavy atom. The van der Waals surface area contributed by atoms with Crippen molar-refractivity contribution in [1.29, 1.82) is 0 Å². The number of carbonyl (C=O) groups excluding carboxylic acids is 1. The minimum absolute atomic E-state index is 0.209. The summed E-state index contributed by atoms with van der Waals surface area (Å²) < 4.78 is 40.3. The zero-order valence-corrected chi connectivity index (χ0v) is 16.8. The average molecular weight is 409 g/mol. The quantitative estimate of drug-likeness (QED) is 0.731. The summed E-state index contributed by atoms with van der Waals surface area (Å²) in [5.41, 5.74) is 0.605. The van der Waals surface area contributed by atoms with E-state index >= 15 is 0 Å². The molecule has 3 rings (SSSR count). The molecule has 0 N–H and O–H groups in total. The zero-order chi connectivity index (χ0) is 19.6. The van der Waals surface area contributed by atoms with Gasteiger partial charge in [-0.05, 0) is 43.7 Å². The maximum absolute atomic E-state index is 13.2. The van der Waals surface area contributed by atoms with E-state index in [1.165, 1.54) is 33.9 Å². The number of nitrogens with zero attached hydrogens (tertiary/aromatic N) is 2. The van der Waals surface area contributed by atoms with Crippen LogP contribution in [-0.4, -0.2) is 49.7 Å². The Kier molecular flexibility index (Phi) is 5.78. The predicted molar refractivity (Wildman–Crippen MR) is 105 cm³/mol. The Morgan fingerprint density at radius 2 is 1.85 bits per heavy atom. The number of halogens is 1. The normalized spacial score (nSPS) is 16.2. The maximum atomic E-state index is 13.2. The van der Waals surface area contributed by atoms with Gasteiger partial charge in [0.2, 0.25) is 15.9 Å². The number of hydrogen-bond acceptors (Lipinski definition) is 4. The molecule has 8 heteroatoms. The van der Waals surface area contributed by atoms with Gasteiger partial charge in [-0.25, -0.2) is 12.8 Å². The summed E-state index contributed by atoms with van der Waals surface area (Å²) in [6.45, 7) is 4.87. The summed E-state index contributed by atoms with van der Waals surface area (Å²) in [5.74, 6) is -0.568. The van der Waals surface area contributed by atoms with Crippen LogP contribution in [-0.2, 0) is 14.8 Å². The Morgan fingerprint density at radius 3 is 2.44 bits per heavy atom. The summed E-state index contributed by atoms with van der Waals surface area (Å²) in [4.78, 5) is 16.0. The third kappa shape index (κ3) is 4.45. The number of benzene rings is 1. The van der Waals surface area contributed by atoms with Gasteiger partial charge >= 0.3 is 0 Å². The molecule has 1 amide bonds. The van der Waals surface area contributed by atoms with Crippen LogP contribution < -0.4 is 0 Å². The molecule has 1 aromatic heterocycles. The van der Waals surface area contributed by atoms with Gasteiger partial charge in [0.25, 0.3) is 0 Å². The minimum atomic E-state index is -3.53. The van der Waals surface area contributed by atoms with Crippen LogP contribution in [0.5, 0.6) is 0 Å². The topological polar surface area (TPSA) is 57.7 Å². The first-order chi connectivity index (χ1) is 12.8. The molecule has 1 aromatic carbocycles. The molecule has 27 heavy (non-hydrogen) atoms. The fourth-order valence-electron chi connectivity index (χ4n) is 3.03. The van der Waals surface area contributed by atoms with Crippen molar-refractivity contribution in [2.45, 2.75) is 18.7 Å². The van der Waals surface area contributed by atoms with Crippen molar-refractivity contribution < 1.29 is 17.6 Å². The molecule has 0 spiro atoms. The van der Waals surface area contributed by atoms with Crippen molar-refractivity contribution in [3.63, 3.8) is 0 Å². The van der Waals surface area contributed by atoms with Crippen molar-refractivity contribution in [3.8, 4) is 0 Å². The minimum Gasteiger partial charge on any atom is -0.337 e. The van der Waals surface area contributed by atoms with E-state index in [9.17, 15) is 17.6 Å². The van der Waals surface area contributed by atoms with Gasteiger partial charge in [-0.15, -0.1) is 11.3 Å². The number of carbonyl (C=O) groups is 1. The molecule has 0 atom stereocenters. The predicted octanol–water partition coefficient (Wildman–Crippen LogP) is 3.05. The third-order valence-electron chi connectivity index (χ3n) is 4.43. The molecule has 0 saturated carbocycles. The largest absolute Gasteiger partial charge is 0.337 e. The van der Waals surface area contributed by atoms with Gasteiger partial charge in [-0.3, -0.25) is 4.79 Å². The van der Waals surface area contributed by atoms with Crippen LogP contribution >= 0.6 is 11.3 Å². The van der Waals surface area contributed by atoms with E-state index in [-0.39, 0.29) is 24.8 Å². The number of amides is 1. The highest BCUT2D eigenvalue weighted by molar-refractivity contribution is 7.89. The summed E-state index contributed by atoms with van der Waals surface area (Å²) in [7, 11) is -3.53. The Bertz CT molecular complexity index is 975. The van der Waals surface area contributed by atoms with Crippen molar-refractivity contribution in [2.75, 3.05) is 26.2 Å². The smallest absolute Gasteiger partial charge is 0.246 e. The highest BCUT2D eigenvalue weighted by atomic mass is 32.2. The molecule has 1 saturated heterocycles. The Hall–Kier alpha value is -2.03. The number of rotatable bonds is 4. The first-order valence-corrected chi connectivity index (χ1v) is 10.8. The lowest BCUT2D eigenvalue weighted by atomic mass is 10.2. The molecule has 1 fully saturated rings. The first-order valence-electron chi connectivity index (χ1n) is 8.57. The molecule has 0 radical (unpaired) electrons. The van der Waals surface area contributed by atoms with Crippen molar-refractivity contribution in [3.05, 3.63) is 57.5 Å². The summed E-state index contributed by atoms with van der Waals surface area (Å²) in [6, 6.07) is 7.68. The third-order valence-corrected chi connectivity index (χ3v) is 7.55. The van der Waals surface area contributed by atoms with Crippen LogP contribution in [0.15, 0.2) is 41.3 Å². The van der Waals surface area contributed by atoms with Crippen LogP contribution in [0.3, 0.4) is 0 Å². The van der Waals surface area contributed by atoms with Crippen molar-refractivity contribution in [1.82, 2.24) is 9.21 Å². The average Bonchev–Trinajstić information content (AvgIpc) is 2.99. The molecule has 2 aromatic rings. The molecule has 0 unspecified atom stereocenters. The highest BCUT2D eigenvalue weighted by Crippen LogP contribution is 2.28. The van der Waals surface area contributed by atoms with Crippen LogP contribution in [0, 0.1) is 19.7 Å². The number of hydrogen-bond donors (Lipinski definition) is 0. The van der Waals surface area contributed by atoms with Gasteiger partial charge in [0.1, 0.15) is 5.82 Å². The van der Waals surface area contributed by atoms with Gasteiger partial charge in [0.05, 0.1) is 4.90 Å². The molecule has 2 heterocycles. The molecule has 0 bridgehead atoms. The molecule has 144 valence electrons. The number of aryl methyl sites for hydroxylation is 2. The second-order valence-electron chi connectivity index (χ2n) is 6.40. The molecule has 1 aliphatic heterocycles. The van der Waals surface area contributed by atoms with Crippen molar-refractivity contribution in [2.24, 2.45) is 0 Å². The van der Waals surface area contributed by atoms with Gasteiger partial charge in [-0.1, -0.05) is 12.1 Å². The number of piperazine rings is 1.